The number of terminal acetylenes is 1. The fourth-order valence-corrected chi connectivity index (χ4v) is 14.8. The molecule has 0 heterocycles. The zero-order chi connectivity index (χ0) is 35.9. The minimum Gasteiger partial charge on any atom is -0.462 e. The third-order valence-electron chi connectivity index (χ3n) is 17.3. The zero-order valence-corrected chi connectivity index (χ0v) is 31.6. The molecule has 0 bridgehead atoms. The molecule has 6 nitrogen and oxygen atoms in total. The van der Waals surface area contributed by atoms with E-state index in [1.807, 2.05) is 12.2 Å². The lowest BCUT2D eigenvalue weighted by Gasteiger charge is -2.59. The standard InChI is InChI=1S/C45H60O6/c1-6-44-22-17-33-32-11-9-30(46)25-28(32)8-10-34(33)35(44)19-23-45(44,7-2)51-40(49)15-14-39(48)50-38-13-12-36-41-27(3)24-29-26-31(47)16-20-42(29,4)37(41)18-21-43(36,38)5/h2,25-27,32-38,41H,6,8-24H2,1,3-5H3/t27-,32?,33?,34?,35?,36?,37?,38+,41?,42+,43+,44+,45+/m1/s1. The van der Waals surface area contributed by atoms with Gasteiger partial charge in [0.05, 0.1) is 12.8 Å². The summed E-state index contributed by atoms with van der Waals surface area (Å²) in [7, 11) is 0. The Bertz CT molecular complexity index is 1600. The number of hydrogen-bond donors (Lipinski definition) is 0. The van der Waals surface area contributed by atoms with Crippen molar-refractivity contribution in [3.8, 4) is 12.3 Å². The Kier molecular flexibility index (Phi) is 8.82. The van der Waals surface area contributed by atoms with Gasteiger partial charge in [-0.1, -0.05) is 44.8 Å². The van der Waals surface area contributed by atoms with Crippen LogP contribution in [0.15, 0.2) is 23.3 Å². The lowest BCUT2D eigenvalue weighted by Crippen LogP contribution is -2.55. The molecule has 8 aliphatic rings. The first-order valence-corrected chi connectivity index (χ1v) is 20.7. The number of fused-ring (bicyclic) bond motifs is 10. The first kappa shape index (κ1) is 35.4. The molecule has 0 N–H and O–H groups in total. The fourth-order valence-electron chi connectivity index (χ4n) is 14.8. The number of hydrogen-bond acceptors (Lipinski definition) is 6. The van der Waals surface area contributed by atoms with Crippen molar-refractivity contribution in [1.29, 1.82) is 0 Å². The Labute approximate surface area is 305 Å². The number of rotatable bonds is 6. The van der Waals surface area contributed by atoms with Crippen LogP contribution < -0.4 is 0 Å². The molecule has 51 heavy (non-hydrogen) atoms. The maximum atomic E-state index is 13.6. The summed E-state index contributed by atoms with van der Waals surface area (Å²) < 4.78 is 12.7. The molecule has 0 aliphatic heterocycles. The van der Waals surface area contributed by atoms with Gasteiger partial charge in [-0.05, 0) is 155 Å². The van der Waals surface area contributed by atoms with Crippen molar-refractivity contribution in [3.63, 3.8) is 0 Å². The third-order valence-corrected chi connectivity index (χ3v) is 17.3. The largest absolute Gasteiger partial charge is 0.462 e. The maximum absolute atomic E-state index is 13.6. The van der Waals surface area contributed by atoms with E-state index in [4.69, 9.17) is 15.9 Å². The minimum absolute atomic E-state index is 0.0101. The quantitative estimate of drug-likeness (QED) is 0.204. The van der Waals surface area contributed by atoms with Crippen LogP contribution in [0.25, 0.3) is 0 Å². The van der Waals surface area contributed by atoms with Crippen molar-refractivity contribution >= 4 is 23.5 Å². The molecule has 0 saturated heterocycles. The molecule has 6 saturated carbocycles. The van der Waals surface area contributed by atoms with E-state index in [2.05, 4.69) is 33.6 Å². The SMILES string of the molecule is C#C[C@]1(OC(=O)CCC(=O)O[C@H]2CCC3C4C(CC[C@@]32C)[C@@]2(C)CCC(=O)C=C2C[C@H]4C)CCC2C3CCC4=CC(=O)CCC4C3CC[C@@]21CC. The summed E-state index contributed by atoms with van der Waals surface area (Å²) in [4.78, 5) is 51.5. The average Bonchev–Trinajstić information content (AvgIpc) is 3.62. The summed E-state index contributed by atoms with van der Waals surface area (Å²) in [6.07, 6.45) is 25.1. The second kappa shape index (κ2) is 12.7. The van der Waals surface area contributed by atoms with Gasteiger partial charge in [0.15, 0.2) is 17.2 Å². The van der Waals surface area contributed by atoms with E-state index in [0.717, 1.165) is 83.5 Å². The summed E-state index contributed by atoms with van der Waals surface area (Å²) in [5.74, 6) is 7.19. The number of allylic oxidation sites excluding steroid dienone is 2. The molecule has 6 heteroatoms. The Hall–Kier alpha value is -2.68. The van der Waals surface area contributed by atoms with E-state index < -0.39 is 5.60 Å². The van der Waals surface area contributed by atoms with E-state index in [-0.39, 0.29) is 52.9 Å². The van der Waals surface area contributed by atoms with Crippen LogP contribution in [-0.4, -0.2) is 35.2 Å². The first-order chi connectivity index (χ1) is 24.4. The Morgan fingerprint density at radius 2 is 1.59 bits per heavy atom. The van der Waals surface area contributed by atoms with Gasteiger partial charge in [-0.15, -0.1) is 6.42 Å². The van der Waals surface area contributed by atoms with Crippen LogP contribution in [-0.2, 0) is 28.7 Å². The first-order valence-electron chi connectivity index (χ1n) is 20.7. The molecule has 0 aromatic rings. The molecular formula is C45H60O6. The Balaban J connectivity index is 0.896. The van der Waals surface area contributed by atoms with Crippen molar-refractivity contribution < 1.29 is 28.7 Å². The summed E-state index contributed by atoms with van der Waals surface area (Å²) in [5, 5.41) is 0. The number of carbonyl (C=O) groups is 4. The molecule has 7 unspecified atom stereocenters. The molecule has 0 amide bonds. The lowest BCUT2D eigenvalue weighted by molar-refractivity contribution is -0.176. The van der Waals surface area contributed by atoms with E-state index in [1.165, 1.54) is 11.1 Å². The third kappa shape index (κ3) is 5.31. The van der Waals surface area contributed by atoms with Gasteiger partial charge in [-0.2, -0.15) is 0 Å². The van der Waals surface area contributed by atoms with Gasteiger partial charge < -0.3 is 9.47 Å². The minimum atomic E-state index is -0.935. The van der Waals surface area contributed by atoms with Gasteiger partial charge in [0.25, 0.3) is 0 Å². The van der Waals surface area contributed by atoms with Crippen molar-refractivity contribution in [2.45, 2.75) is 155 Å². The van der Waals surface area contributed by atoms with Gasteiger partial charge in [0.2, 0.25) is 0 Å². The summed E-state index contributed by atoms with van der Waals surface area (Å²) in [6, 6.07) is 0. The Morgan fingerprint density at radius 1 is 0.824 bits per heavy atom. The van der Waals surface area contributed by atoms with Crippen molar-refractivity contribution in [1.82, 2.24) is 0 Å². The van der Waals surface area contributed by atoms with Crippen LogP contribution >= 0.6 is 0 Å². The molecule has 13 atom stereocenters. The number of ketones is 2. The van der Waals surface area contributed by atoms with Gasteiger partial charge >= 0.3 is 11.9 Å². The molecule has 0 aromatic carbocycles. The number of esters is 2. The molecule has 8 aliphatic carbocycles. The summed E-state index contributed by atoms with van der Waals surface area (Å²) >= 11 is 0. The van der Waals surface area contributed by atoms with Crippen LogP contribution in [0.5, 0.6) is 0 Å². The highest BCUT2D eigenvalue weighted by Gasteiger charge is 2.66. The van der Waals surface area contributed by atoms with Crippen molar-refractivity contribution in [2.24, 2.45) is 63.6 Å². The van der Waals surface area contributed by atoms with E-state index >= 15 is 0 Å². The lowest BCUT2D eigenvalue weighted by atomic mass is 9.45. The Morgan fingerprint density at radius 3 is 2.37 bits per heavy atom. The zero-order valence-electron chi connectivity index (χ0n) is 31.6. The predicted molar refractivity (Wildman–Crippen MR) is 195 cm³/mol. The van der Waals surface area contributed by atoms with Crippen LogP contribution in [0.4, 0.5) is 0 Å². The molecule has 0 radical (unpaired) electrons. The average molecular weight is 697 g/mol. The maximum Gasteiger partial charge on any atom is 0.307 e. The molecular weight excluding hydrogens is 636 g/mol. The highest BCUT2D eigenvalue weighted by atomic mass is 16.6. The van der Waals surface area contributed by atoms with Crippen LogP contribution in [0.1, 0.15) is 143 Å². The summed E-state index contributed by atoms with van der Waals surface area (Å²) in [6.45, 7) is 9.35. The molecule has 0 aromatic heterocycles. The van der Waals surface area contributed by atoms with E-state index in [0.29, 0.717) is 72.4 Å². The van der Waals surface area contributed by atoms with Crippen LogP contribution in [0.3, 0.4) is 0 Å². The fraction of sp³-hybridized carbons (Fsp3) is 0.778. The second-order valence-corrected chi connectivity index (χ2v) is 19.0. The van der Waals surface area contributed by atoms with Crippen LogP contribution in [0.2, 0.25) is 0 Å². The van der Waals surface area contributed by atoms with Gasteiger partial charge in [0, 0.05) is 23.7 Å². The number of carbonyl (C=O) groups excluding carboxylic acids is 4. The number of ether oxygens (including phenoxy) is 2. The predicted octanol–water partition coefficient (Wildman–Crippen LogP) is 8.90. The smallest absolute Gasteiger partial charge is 0.307 e. The highest BCUT2D eigenvalue weighted by molar-refractivity contribution is 5.92. The highest BCUT2D eigenvalue weighted by Crippen LogP contribution is 2.68. The molecule has 8 rings (SSSR count). The van der Waals surface area contributed by atoms with E-state index in [1.54, 1.807) is 0 Å². The topological polar surface area (TPSA) is 86.7 Å². The van der Waals surface area contributed by atoms with Crippen LogP contribution in [0, 0.1) is 75.9 Å². The molecule has 276 valence electrons. The van der Waals surface area contributed by atoms with Gasteiger partial charge in [-0.25, -0.2) is 0 Å². The normalized spacial score (nSPS) is 46.8. The van der Waals surface area contributed by atoms with Gasteiger partial charge in [-0.3, -0.25) is 19.2 Å². The molecule has 6 fully saturated rings. The monoisotopic (exact) mass is 696 g/mol. The second-order valence-electron chi connectivity index (χ2n) is 19.0. The van der Waals surface area contributed by atoms with Crippen molar-refractivity contribution in [2.75, 3.05) is 0 Å². The molecule has 0 spiro atoms. The van der Waals surface area contributed by atoms with E-state index in [9.17, 15) is 19.2 Å². The van der Waals surface area contributed by atoms with Gasteiger partial charge in [0.1, 0.15) is 6.10 Å². The summed E-state index contributed by atoms with van der Waals surface area (Å²) in [5.41, 5.74) is 1.63. The van der Waals surface area contributed by atoms with Crippen molar-refractivity contribution in [3.05, 3.63) is 23.3 Å².